The number of nitrogens with two attached hydrogens (primary N) is 1. The van der Waals surface area contributed by atoms with E-state index in [1.165, 1.54) is 17.3 Å². The Labute approximate surface area is 109 Å². The molecule has 2 aromatic rings. The molecule has 1 atom stereocenters. The van der Waals surface area contributed by atoms with Crippen molar-refractivity contribution in [3.63, 3.8) is 0 Å². The Morgan fingerprint density at radius 1 is 1.47 bits per heavy atom. The van der Waals surface area contributed by atoms with E-state index in [1.54, 1.807) is 11.9 Å². The topological polar surface area (TPSA) is 122 Å². The maximum atomic E-state index is 8.81. The minimum Gasteiger partial charge on any atom is -0.368 e. The maximum absolute atomic E-state index is 8.81. The summed E-state index contributed by atoms with van der Waals surface area (Å²) in [6.45, 7) is 2.32. The fraction of sp³-hybridized carbons (Fsp3) is 0.400. The van der Waals surface area contributed by atoms with Crippen molar-refractivity contribution in [3.05, 3.63) is 12.7 Å². The van der Waals surface area contributed by atoms with E-state index < -0.39 is 0 Å². The Morgan fingerprint density at radius 3 is 2.89 bits per heavy atom. The molecule has 0 aliphatic carbocycles. The molecule has 9 heteroatoms. The standard InChI is InChI=1S/C10H13N9/c1-7(3-11)4-18(2)9-15-8(12)16-10(17-9)19-6-13-5-14-19/h5-7H,4H2,1-2H3,(H2,12,15,16,17). The van der Waals surface area contributed by atoms with Gasteiger partial charge in [0.25, 0.3) is 5.95 Å². The number of nitrogen functional groups attached to an aromatic ring is 1. The lowest BCUT2D eigenvalue weighted by atomic mass is 10.2. The van der Waals surface area contributed by atoms with Crippen molar-refractivity contribution in [2.75, 3.05) is 24.2 Å². The van der Waals surface area contributed by atoms with Crippen molar-refractivity contribution in [1.82, 2.24) is 29.7 Å². The van der Waals surface area contributed by atoms with E-state index >= 15 is 0 Å². The molecule has 0 saturated heterocycles. The summed E-state index contributed by atoms with van der Waals surface area (Å²) in [6.07, 6.45) is 2.84. The molecule has 0 saturated carbocycles. The zero-order chi connectivity index (χ0) is 13.8. The van der Waals surface area contributed by atoms with Crippen LogP contribution in [0.25, 0.3) is 5.95 Å². The quantitative estimate of drug-likeness (QED) is 0.789. The number of nitriles is 1. The molecule has 0 amide bonds. The molecular formula is C10H13N9. The molecule has 0 spiro atoms. The lowest BCUT2D eigenvalue weighted by molar-refractivity contribution is 0.694. The summed E-state index contributed by atoms with van der Waals surface area (Å²) in [5.74, 6) is 0.626. The second-order valence-electron chi connectivity index (χ2n) is 4.04. The normalized spacial score (nSPS) is 11.8. The molecule has 0 aromatic carbocycles. The van der Waals surface area contributed by atoms with Gasteiger partial charge in [-0.1, -0.05) is 0 Å². The van der Waals surface area contributed by atoms with E-state index in [9.17, 15) is 0 Å². The SMILES string of the molecule is CC(C#N)CN(C)c1nc(N)nc(-n2cncn2)n1. The highest BCUT2D eigenvalue weighted by Crippen LogP contribution is 2.11. The third-order valence-electron chi connectivity index (χ3n) is 2.36. The molecule has 0 radical (unpaired) electrons. The van der Waals surface area contributed by atoms with E-state index in [-0.39, 0.29) is 17.8 Å². The first-order valence-electron chi connectivity index (χ1n) is 5.57. The van der Waals surface area contributed by atoms with E-state index in [2.05, 4.69) is 31.1 Å². The fourth-order valence-electron chi connectivity index (χ4n) is 1.49. The zero-order valence-electron chi connectivity index (χ0n) is 10.6. The van der Waals surface area contributed by atoms with Crippen LogP contribution in [0.4, 0.5) is 11.9 Å². The third kappa shape index (κ3) is 2.92. The first-order chi connectivity index (χ1) is 9.10. The van der Waals surface area contributed by atoms with Crippen molar-refractivity contribution >= 4 is 11.9 Å². The smallest absolute Gasteiger partial charge is 0.258 e. The molecule has 1 unspecified atom stereocenters. The Hall–Kier alpha value is -2.76. The van der Waals surface area contributed by atoms with Crippen LogP contribution in [0.1, 0.15) is 6.92 Å². The predicted octanol–water partition coefficient (Wildman–Crippen LogP) is -0.370. The summed E-state index contributed by atoms with van der Waals surface area (Å²) in [6, 6.07) is 2.15. The highest BCUT2D eigenvalue weighted by molar-refractivity contribution is 5.36. The van der Waals surface area contributed by atoms with Crippen LogP contribution in [0.15, 0.2) is 12.7 Å². The summed E-state index contributed by atoms with van der Waals surface area (Å²) in [5.41, 5.74) is 5.65. The van der Waals surface area contributed by atoms with E-state index in [1.807, 2.05) is 6.92 Å². The van der Waals surface area contributed by atoms with Crippen LogP contribution in [0.3, 0.4) is 0 Å². The molecule has 2 aromatic heterocycles. The highest BCUT2D eigenvalue weighted by atomic mass is 15.4. The van der Waals surface area contributed by atoms with Crippen LogP contribution in [0.5, 0.6) is 0 Å². The summed E-state index contributed by atoms with van der Waals surface area (Å²) < 4.78 is 1.39. The Kier molecular flexibility index (Phi) is 3.51. The van der Waals surface area contributed by atoms with E-state index in [4.69, 9.17) is 11.0 Å². The Morgan fingerprint density at radius 2 is 2.26 bits per heavy atom. The molecular weight excluding hydrogens is 246 g/mol. The monoisotopic (exact) mass is 259 g/mol. The molecule has 19 heavy (non-hydrogen) atoms. The van der Waals surface area contributed by atoms with Crippen molar-refractivity contribution in [3.8, 4) is 12.0 Å². The van der Waals surface area contributed by atoms with Gasteiger partial charge in [-0.2, -0.15) is 30.0 Å². The van der Waals surface area contributed by atoms with Gasteiger partial charge in [0.1, 0.15) is 12.7 Å². The lowest BCUT2D eigenvalue weighted by Gasteiger charge is -2.18. The van der Waals surface area contributed by atoms with Gasteiger partial charge in [-0.15, -0.1) is 0 Å². The highest BCUT2D eigenvalue weighted by Gasteiger charge is 2.12. The first-order valence-corrected chi connectivity index (χ1v) is 5.57. The van der Waals surface area contributed by atoms with Gasteiger partial charge in [-0.05, 0) is 6.92 Å². The molecule has 0 fully saturated rings. The molecule has 9 nitrogen and oxygen atoms in total. The number of anilines is 2. The van der Waals surface area contributed by atoms with Gasteiger partial charge in [0.15, 0.2) is 0 Å². The van der Waals surface area contributed by atoms with Gasteiger partial charge in [0.05, 0.1) is 12.0 Å². The molecule has 2 heterocycles. The van der Waals surface area contributed by atoms with Crippen molar-refractivity contribution in [2.45, 2.75) is 6.92 Å². The lowest BCUT2D eigenvalue weighted by Crippen LogP contribution is -2.26. The summed E-state index contributed by atoms with van der Waals surface area (Å²) in [4.78, 5) is 17.8. The minimum absolute atomic E-state index is 0.0898. The van der Waals surface area contributed by atoms with Crippen molar-refractivity contribution < 1.29 is 0 Å². The minimum atomic E-state index is -0.141. The van der Waals surface area contributed by atoms with Crippen LogP contribution < -0.4 is 10.6 Å². The van der Waals surface area contributed by atoms with Gasteiger partial charge in [0.2, 0.25) is 11.9 Å². The van der Waals surface area contributed by atoms with E-state index in [0.29, 0.717) is 12.5 Å². The van der Waals surface area contributed by atoms with Crippen LogP contribution in [-0.2, 0) is 0 Å². The van der Waals surface area contributed by atoms with Crippen LogP contribution in [-0.4, -0.2) is 43.3 Å². The largest absolute Gasteiger partial charge is 0.368 e. The average molecular weight is 259 g/mol. The van der Waals surface area contributed by atoms with Gasteiger partial charge < -0.3 is 10.6 Å². The van der Waals surface area contributed by atoms with Gasteiger partial charge >= 0.3 is 0 Å². The number of aromatic nitrogens is 6. The predicted molar refractivity (Wildman–Crippen MR) is 67.2 cm³/mol. The van der Waals surface area contributed by atoms with Crippen molar-refractivity contribution in [1.29, 1.82) is 5.26 Å². The molecule has 98 valence electrons. The zero-order valence-corrected chi connectivity index (χ0v) is 10.6. The van der Waals surface area contributed by atoms with Crippen molar-refractivity contribution in [2.24, 2.45) is 5.92 Å². The number of hydrogen-bond acceptors (Lipinski definition) is 8. The maximum Gasteiger partial charge on any atom is 0.258 e. The van der Waals surface area contributed by atoms with Gasteiger partial charge in [0, 0.05) is 13.6 Å². The second kappa shape index (κ2) is 5.26. The number of rotatable bonds is 4. The summed E-state index contributed by atoms with van der Waals surface area (Å²) >= 11 is 0. The summed E-state index contributed by atoms with van der Waals surface area (Å²) in [5, 5.41) is 12.7. The first kappa shape index (κ1) is 12.7. The van der Waals surface area contributed by atoms with Crippen LogP contribution in [0, 0.1) is 17.2 Å². The second-order valence-corrected chi connectivity index (χ2v) is 4.04. The van der Waals surface area contributed by atoms with Gasteiger partial charge in [-0.25, -0.2) is 4.98 Å². The van der Waals surface area contributed by atoms with Crippen LogP contribution in [0.2, 0.25) is 0 Å². The van der Waals surface area contributed by atoms with Gasteiger partial charge in [-0.3, -0.25) is 0 Å². The molecule has 2 N–H and O–H groups in total. The molecule has 0 aliphatic rings. The third-order valence-corrected chi connectivity index (χ3v) is 2.36. The summed E-state index contributed by atoms with van der Waals surface area (Å²) in [7, 11) is 1.79. The Bertz CT molecular complexity index is 586. The van der Waals surface area contributed by atoms with Crippen LogP contribution >= 0.6 is 0 Å². The Balaban J connectivity index is 2.29. The molecule has 0 aliphatic heterocycles. The number of nitrogens with zero attached hydrogens (tertiary/aromatic N) is 8. The number of hydrogen-bond donors (Lipinski definition) is 1. The average Bonchev–Trinajstić information content (AvgIpc) is 2.91. The fourth-order valence-corrected chi connectivity index (χ4v) is 1.49. The van der Waals surface area contributed by atoms with E-state index in [0.717, 1.165) is 0 Å². The molecule has 2 rings (SSSR count). The molecule has 0 bridgehead atoms.